The van der Waals surface area contributed by atoms with Gasteiger partial charge in [-0.15, -0.1) is 0 Å². The van der Waals surface area contributed by atoms with Crippen LogP contribution in [0.3, 0.4) is 0 Å². The van der Waals surface area contributed by atoms with E-state index in [9.17, 15) is 4.79 Å². The number of nitrogens with one attached hydrogen (secondary N) is 1. The highest BCUT2D eigenvalue weighted by molar-refractivity contribution is 5.96. The summed E-state index contributed by atoms with van der Waals surface area (Å²) in [5, 5.41) is 3.05. The van der Waals surface area contributed by atoms with Gasteiger partial charge in [0.2, 0.25) is 5.88 Å². The molecule has 3 unspecified atom stereocenters. The zero-order valence-corrected chi connectivity index (χ0v) is 12.1. The third-order valence-electron chi connectivity index (χ3n) is 4.02. The predicted octanol–water partition coefficient (Wildman–Crippen LogP) is 1.16. The van der Waals surface area contributed by atoms with Crippen molar-refractivity contribution in [2.45, 2.75) is 37.5 Å². The third-order valence-corrected chi connectivity index (χ3v) is 4.02. The Morgan fingerprint density at radius 2 is 2.14 bits per heavy atom. The molecule has 0 radical (unpaired) electrons. The monoisotopic (exact) mass is 292 g/mol. The van der Waals surface area contributed by atoms with E-state index >= 15 is 0 Å². The Balaban J connectivity index is 1.62. The smallest absolute Gasteiger partial charge is 0.256 e. The number of ether oxygens (including phenoxy) is 3. The van der Waals surface area contributed by atoms with Crippen molar-refractivity contribution in [2.75, 3.05) is 20.3 Å². The second-order valence-corrected chi connectivity index (χ2v) is 5.36. The summed E-state index contributed by atoms with van der Waals surface area (Å²) in [6.45, 7) is 1.31. The molecule has 1 saturated carbocycles. The zero-order chi connectivity index (χ0) is 14.7. The summed E-state index contributed by atoms with van der Waals surface area (Å²) >= 11 is 0. The van der Waals surface area contributed by atoms with Gasteiger partial charge in [0.05, 0.1) is 32.5 Å². The molecule has 2 heterocycles. The second kappa shape index (κ2) is 6.41. The zero-order valence-electron chi connectivity index (χ0n) is 12.1. The average molecular weight is 292 g/mol. The fraction of sp³-hybridized carbons (Fsp3) is 0.600. The van der Waals surface area contributed by atoms with Gasteiger partial charge in [-0.25, -0.2) is 4.98 Å². The van der Waals surface area contributed by atoms with E-state index in [1.54, 1.807) is 18.3 Å². The van der Waals surface area contributed by atoms with Gasteiger partial charge in [0.25, 0.3) is 5.91 Å². The van der Waals surface area contributed by atoms with E-state index in [0.29, 0.717) is 24.7 Å². The summed E-state index contributed by atoms with van der Waals surface area (Å²) < 4.78 is 16.5. The van der Waals surface area contributed by atoms with Gasteiger partial charge in [-0.1, -0.05) is 0 Å². The minimum absolute atomic E-state index is 0.0913. The number of hydrogen-bond acceptors (Lipinski definition) is 5. The number of aromatic nitrogens is 1. The Morgan fingerprint density at radius 3 is 2.95 bits per heavy atom. The molecule has 2 aliphatic rings. The van der Waals surface area contributed by atoms with Gasteiger partial charge < -0.3 is 19.5 Å². The lowest BCUT2D eigenvalue weighted by atomic mass is 9.89. The van der Waals surface area contributed by atoms with Crippen LogP contribution in [0.2, 0.25) is 0 Å². The standard InChI is InChI=1S/C15H20N2O4/c1-19-15-11(3-2-6-16-15)14(18)17-10-4-5-12-13(9-10)21-8-7-20-12/h2-3,6,10,12-13H,4-5,7-9H2,1H3,(H,17,18). The van der Waals surface area contributed by atoms with E-state index in [-0.39, 0.29) is 24.2 Å². The molecule has 1 aromatic rings. The van der Waals surface area contributed by atoms with Crippen LogP contribution in [0.25, 0.3) is 0 Å². The Labute approximate surface area is 123 Å². The molecule has 1 aliphatic carbocycles. The van der Waals surface area contributed by atoms with Crippen molar-refractivity contribution in [1.82, 2.24) is 10.3 Å². The van der Waals surface area contributed by atoms with Gasteiger partial charge >= 0.3 is 0 Å². The van der Waals surface area contributed by atoms with Gasteiger partial charge in [0.15, 0.2) is 0 Å². The van der Waals surface area contributed by atoms with Crippen LogP contribution < -0.4 is 10.1 Å². The molecule has 1 amide bonds. The van der Waals surface area contributed by atoms with Crippen molar-refractivity contribution < 1.29 is 19.0 Å². The number of nitrogens with zero attached hydrogens (tertiary/aromatic N) is 1. The summed E-state index contributed by atoms with van der Waals surface area (Å²) in [5.74, 6) is 0.195. The Bertz CT molecular complexity index is 508. The Morgan fingerprint density at radius 1 is 1.33 bits per heavy atom. The van der Waals surface area contributed by atoms with Gasteiger partial charge in [-0.05, 0) is 31.4 Å². The summed E-state index contributed by atoms with van der Waals surface area (Å²) in [4.78, 5) is 16.4. The molecule has 1 aliphatic heterocycles. The summed E-state index contributed by atoms with van der Waals surface area (Å²) in [6, 6.07) is 3.55. The first-order valence-electron chi connectivity index (χ1n) is 7.31. The molecule has 114 valence electrons. The van der Waals surface area contributed by atoms with Crippen molar-refractivity contribution in [3.8, 4) is 5.88 Å². The number of rotatable bonds is 3. The minimum Gasteiger partial charge on any atom is -0.480 e. The fourth-order valence-electron chi connectivity index (χ4n) is 2.99. The van der Waals surface area contributed by atoms with Gasteiger partial charge in [0, 0.05) is 12.2 Å². The molecule has 21 heavy (non-hydrogen) atoms. The highest BCUT2D eigenvalue weighted by Gasteiger charge is 2.35. The first-order chi connectivity index (χ1) is 10.3. The second-order valence-electron chi connectivity index (χ2n) is 5.36. The number of fused-ring (bicyclic) bond motifs is 1. The molecule has 0 spiro atoms. The Hall–Kier alpha value is -1.66. The molecule has 2 fully saturated rings. The average Bonchev–Trinajstić information content (AvgIpc) is 2.54. The number of methoxy groups -OCH3 is 1. The highest BCUT2D eigenvalue weighted by atomic mass is 16.6. The van der Waals surface area contributed by atoms with E-state index in [2.05, 4.69) is 10.3 Å². The quantitative estimate of drug-likeness (QED) is 0.905. The van der Waals surface area contributed by atoms with Crippen LogP contribution in [-0.4, -0.2) is 49.5 Å². The van der Waals surface area contributed by atoms with Gasteiger partial charge in [-0.3, -0.25) is 4.79 Å². The lowest BCUT2D eigenvalue weighted by Crippen LogP contribution is -2.49. The maximum absolute atomic E-state index is 12.3. The van der Waals surface area contributed by atoms with E-state index in [1.165, 1.54) is 7.11 Å². The van der Waals surface area contributed by atoms with E-state index in [1.807, 2.05) is 0 Å². The highest BCUT2D eigenvalue weighted by Crippen LogP contribution is 2.27. The SMILES string of the molecule is COc1ncccc1C(=O)NC1CCC2OCCOC2C1. The van der Waals surface area contributed by atoms with Crippen LogP contribution >= 0.6 is 0 Å². The molecular formula is C15H20N2O4. The molecule has 0 aromatic carbocycles. The summed E-state index contributed by atoms with van der Waals surface area (Å²) in [6.07, 6.45) is 4.49. The molecule has 6 nitrogen and oxygen atoms in total. The minimum atomic E-state index is -0.153. The van der Waals surface area contributed by atoms with Crippen molar-refractivity contribution in [2.24, 2.45) is 0 Å². The van der Waals surface area contributed by atoms with Crippen LogP contribution in [-0.2, 0) is 9.47 Å². The van der Waals surface area contributed by atoms with Crippen LogP contribution in [0.15, 0.2) is 18.3 Å². The van der Waals surface area contributed by atoms with Crippen molar-refractivity contribution in [3.63, 3.8) is 0 Å². The van der Waals surface area contributed by atoms with Crippen molar-refractivity contribution in [1.29, 1.82) is 0 Å². The van der Waals surface area contributed by atoms with Crippen LogP contribution in [0.1, 0.15) is 29.6 Å². The van der Waals surface area contributed by atoms with E-state index in [4.69, 9.17) is 14.2 Å². The molecular weight excluding hydrogens is 272 g/mol. The van der Waals surface area contributed by atoms with Gasteiger partial charge in [0.1, 0.15) is 5.56 Å². The van der Waals surface area contributed by atoms with Crippen molar-refractivity contribution in [3.05, 3.63) is 23.9 Å². The largest absolute Gasteiger partial charge is 0.480 e. The fourth-order valence-corrected chi connectivity index (χ4v) is 2.99. The Kier molecular flexibility index (Phi) is 4.36. The van der Waals surface area contributed by atoms with Crippen LogP contribution in [0.4, 0.5) is 0 Å². The molecule has 1 N–H and O–H groups in total. The maximum Gasteiger partial charge on any atom is 0.256 e. The van der Waals surface area contributed by atoms with Gasteiger partial charge in [-0.2, -0.15) is 0 Å². The third kappa shape index (κ3) is 3.16. The number of carbonyl (C=O) groups is 1. The molecule has 1 aromatic heterocycles. The summed E-state index contributed by atoms with van der Waals surface area (Å²) in [5.41, 5.74) is 0.461. The number of pyridine rings is 1. The molecule has 0 bridgehead atoms. The topological polar surface area (TPSA) is 69.7 Å². The molecule has 1 saturated heterocycles. The van der Waals surface area contributed by atoms with Crippen LogP contribution in [0, 0.1) is 0 Å². The molecule has 6 heteroatoms. The normalized spacial score (nSPS) is 28.5. The van der Waals surface area contributed by atoms with E-state index < -0.39 is 0 Å². The molecule has 3 atom stereocenters. The first-order valence-corrected chi connectivity index (χ1v) is 7.31. The van der Waals surface area contributed by atoms with Crippen LogP contribution in [0.5, 0.6) is 5.88 Å². The maximum atomic E-state index is 12.3. The predicted molar refractivity (Wildman–Crippen MR) is 75.4 cm³/mol. The lowest BCUT2D eigenvalue weighted by Gasteiger charge is -2.39. The molecule has 3 rings (SSSR count). The number of carbonyl (C=O) groups excluding carboxylic acids is 1. The first kappa shape index (κ1) is 14.3. The van der Waals surface area contributed by atoms with Crippen molar-refractivity contribution >= 4 is 5.91 Å². The lowest BCUT2D eigenvalue weighted by molar-refractivity contribution is -0.157. The van der Waals surface area contributed by atoms with E-state index in [0.717, 1.165) is 19.3 Å². The number of amides is 1. The number of hydrogen-bond donors (Lipinski definition) is 1. The summed E-state index contributed by atoms with van der Waals surface area (Å²) in [7, 11) is 1.51.